The number of rotatable bonds is 7. The van der Waals surface area contributed by atoms with Crippen molar-refractivity contribution in [1.29, 1.82) is 0 Å². The maximum atomic E-state index is 13.2. The zero-order valence-corrected chi connectivity index (χ0v) is 18.7. The van der Waals surface area contributed by atoms with Gasteiger partial charge in [-0.05, 0) is 54.1 Å². The summed E-state index contributed by atoms with van der Waals surface area (Å²) in [5.74, 6) is -0.587. The van der Waals surface area contributed by atoms with E-state index in [1.165, 1.54) is 18.3 Å². The second-order valence-electron chi connectivity index (χ2n) is 6.15. The normalized spacial score (nSPS) is 11.4. The third kappa shape index (κ3) is 5.69. The number of sulfonamides is 1. The van der Waals surface area contributed by atoms with E-state index in [-0.39, 0.29) is 4.90 Å². The van der Waals surface area contributed by atoms with Gasteiger partial charge in [0, 0.05) is 9.50 Å². The Morgan fingerprint density at radius 1 is 1.03 bits per heavy atom. The van der Waals surface area contributed by atoms with Crippen molar-refractivity contribution in [1.82, 2.24) is 5.43 Å². The maximum Gasteiger partial charge on any atom is 0.264 e. The Kier molecular flexibility index (Phi) is 7.25. The highest BCUT2D eigenvalue weighted by Gasteiger charge is 2.27. The Hall–Kier alpha value is -2.68. The molecule has 0 heterocycles. The summed E-state index contributed by atoms with van der Waals surface area (Å²) in [6.45, 7) is -0.450. The number of hydrazone groups is 1. The topological polar surface area (TPSA) is 78.8 Å². The van der Waals surface area contributed by atoms with Crippen molar-refractivity contribution in [3.63, 3.8) is 0 Å². The van der Waals surface area contributed by atoms with Crippen LogP contribution in [0, 0.1) is 0 Å². The molecule has 0 bridgehead atoms. The van der Waals surface area contributed by atoms with Crippen LogP contribution in [-0.2, 0) is 14.8 Å². The Morgan fingerprint density at radius 3 is 2.40 bits per heavy atom. The summed E-state index contributed by atoms with van der Waals surface area (Å²) in [7, 11) is -3.97. The fraction of sp³-hybridized carbons (Fsp3) is 0.0476. The van der Waals surface area contributed by atoms with E-state index in [1.807, 2.05) is 24.3 Å². The lowest BCUT2D eigenvalue weighted by Gasteiger charge is -2.23. The van der Waals surface area contributed by atoms with E-state index in [9.17, 15) is 13.2 Å². The summed E-state index contributed by atoms with van der Waals surface area (Å²) in [5.41, 5.74) is 3.46. The van der Waals surface area contributed by atoms with Gasteiger partial charge in [0.2, 0.25) is 0 Å². The highest BCUT2D eigenvalue weighted by atomic mass is 79.9. The molecule has 9 heteroatoms. The number of carbonyl (C=O) groups excluding carboxylic acids is 1. The van der Waals surface area contributed by atoms with Crippen molar-refractivity contribution in [2.24, 2.45) is 5.10 Å². The molecule has 30 heavy (non-hydrogen) atoms. The summed E-state index contributed by atoms with van der Waals surface area (Å²) < 4.78 is 28.2. The van der Waals surface area contributed by atoms with Crippen LogP contribution in [0.3, 0.4) is 0 Å². The number of hydrogen-bond donors (Lipinski definition) is 1. The lowest BCUT2D eigenvalue weighted by Crippen LogP contribution is -2.39. The minimum atomic E-state index is -3.97. The number of hydrogen-bond acceptors (Lipinski definition) is 4. The van der Waals surface area contributed by atoms with Gasteiger partial charge < -0.3 is 0 Å². The third-order valence-corrected chi connectivity index (χ3v) is 6.52. The van der Waals surface area contributed by atoms with Crippen molar-refractivity contribution in [2.75, 3.05) is 10.8 Å². The monoisotopic (exact) mass is 505 g/mol. The van der Waals surface area contributed by atoms with Crippen LogP contribution in [0.1, 0.15) is 5.56 Å². The van der Waals surface area contributed by atoms with Gasteiger partial charge in [0.15, 0.2) is 0 Å². The molecular formula is C21H17BrClN3O3S. The predicted molar refractivity (Wildman–Crippen MR) is 122 cm³/mol. The Morgan fingerprint density at radius 2 is 1.73 bits per heavy atom. The zero-order valence-electron chi connectivity index (χ0n) is 15.6. The van der Waals surface area contributed by atoms with Crippen molar-refractivity contribution < 1.29 is 13.2 Å². The summed E-state index contributed by atoms with van der Waals surface area (Å²) in [6.07, 6.45) is 1.47. The molecule has 0 radical (unpaired) electrons. The van der Waals surface area contributed by atoms with Crippen molar-refractivity contribution in [3.05, 3.63) is 93.9 Å². The summed E-state index contributed by atoms with van der Waals surface area (Å²) >= 11 is 9.28. The van der Waals surface area contributed by atoms with E-state index < -0.39 is 22.5 Å². The van der Waals surface area contributed by atoms with Gasteiger partial charge in [-0.3, -0.25) is 9.10 Å². The van der Waals surface area contributed by atoms with Gasteiger partial charge in [-0.1, -0.05) is 57.9 Å². The van der Waals surface area contributed by atoms with E-state index >= 15 is 0 Å². The molecule has 0 saturated heterocycles. The predicted octanol–water partition coefficient (Wildman–Crippen LogP) is 4.45. The standard InChI is InChI=1S/C21H17BrClN3O3S/c22-17-6-4-5-16(13-17)14-24-25-21(27)15-26(19-11-9-18(23)10-12-19)30(28,29)20-7-2-1-3-8-20/h1-14H,15H2,(H,25,27)/b24-14+. The number of nitrogens with one attached hydrogen (secondary N) is 1. The molecule has 0 fully saturated rings. The second-order valence-corrected chi connectivity index (χ2v) is 9.36. The van der Waals surface area contributed by atoms with Gasteiger partial charge in [0.1, 0.15) is 6.54 Å². The average molecular weight is 507 g/mol. The van der Waals surface area contributed by atoms with Gasteiger partial charge in [-0.25, -0.2) is 13.8 Å². The molecule has 3 aromatic rings. The van der Waals surface area contributed by atoms with E-state index in [1.54, 1.807) is 42.5 Å². The van der Waals surface area contributed by atoms with Crippen LogP contribution in [0.25, 0.3) is 0 Å². The molecule has 0 aliphatic rings. The zero-order chi connectivity index (χ0) is 21.6. The Labute approximate surface area is 188 Å². The number of halogens is 2. The van der Waals surface area contributed by atoms with Gasteiger partial charge in [-0.2, -0.15) is 5.10 Å². The molecule has 0 spiro atoms. The van der Waals surface area contributed by atoms with E-state index in [0.717, 1.165) is 14.3 Å². The van der Waals surface area contributed by atoms with Crippen LogP contribution in [-0.4, -0.2) is 27.1 Å². The number of anilines is 1. The molecule has 3 rings (SSSR count). The summed E-state index contributed by atoms with van der Waals surface area (Å²) in [6, 6.07) is 21.5. The van der Waals surface area contributed by atoms with Crippen LogP contribution in [0.2, 0.25) is 5.02 Å². The second kappa shape index (κ2) is 9.88. The van der Waals surface area contributed by atoms with Crippen molar-refractivity contribution in [2.45, 2.75) is 4.90 Å². The molecule has 0 unspecified atom stereocenters. The first-order valence-electron chi connectivity index (χ1n) is 8.77. The smallest absolute Gasteiger partial charge is 0.264 e. The fourth-order valence-electron chi connectivity index (χ4n) is 2.57. The van der Waals surface area contributed by atoms with Crippen LogP contribution in [0.4, 0.5) is 5.69 Å². The lowest BCUT2D eigenvalue weighted by atomic mass is 10.2. The largest absolute Gasteiger partial charge is 0.271 e. The van der Waals surface area contributed by atoms with E-state index in [2.05, 4.69) is 26.5 Å². The van der Waals surface area contributed by atoms with Crippen LogP contribution < -0.4 is 9.73 Å². The van der Waals surface area contributed by atoms with E-state index in [4.69, 9.17) is 11.6 Å². The first kappa shape index (κ1) is 22.0. The Bertz CT molecular complexity index is 1150. The number of carbonyl (C=O) groups is 1. The third-order valence-electron chi connectivity index (χ3n) is 3.98. The van der Waals surface area contributed by atoms with Crippen molar-refractivity contribution in [3.8, 4) is 0 Å². The SMILES string of the molecule is O=C(CN(c1ccc(Cl)cc1)S(=O)(=O)c1ccccc1)N/N=C/c1cccc(Br)c1. The van der Waals surface area contributed by atoms with Gasteiger partial charge in [0.05, 0.1) is 16.8 Å². The minimum Gasteiger partial charge on any atom is -0.271 e. The summed E-state index contributed by atoms with van der Waals surface area (Å²) in [4.78, 5) is 12.5. The maximum absolute atomic E-state index is 13.2. The van der Waals surface area contributed by atoms with Crippen molar-refractivity contribution >= 4 is 55.4 Å². The number of amides is 1. The molecule has 0 atom stereocenters. The molecule has 154 valence electrons. The first-order chi connectivity index (χ1) is 14.4. The molecule has 6 nitrogen and oxygen atoms in total. The molecule has 3 aromatic carbocycles. The number of benzene rings is 3. The molecule has 0 saturated carbocycles. The quantitative estimate of drug-likeness (QED) is 0.380. The van der Waals surface area contributed by atoms with Gasteiger partial charge >= 0.3 is 0 Å². The van der Waals surface area contributed by atoms with Gasteiger partial charge in [0.25, 0.3) is 15.9 Å². The molecule has 1 amide bonds. The summed E-state index contributed by atoms with van der Waals surface area (Å²) in [5, 5.41) is 4.37. The average Bonchev–Trinajstić information content (AvgIpc) is 2.73. The highest BCUT2D eigenvalue weighted by Crippen LogP contribution is 2.25. The first-order valence-corrected chi connectivity index (χ1v) is 11.4. The molecule has 0 aromatic heterocycles. The highest BCUT2D eigenvalue weighted by molar-refractivity contribution is 9.10. The molecule has 0 aliphatic heterocycles. The molecular weight excluding hydrogens is 490 g/mol. The van der Waals surface area contributed by atoms with Crippen LogP contribution in [0.15, 0.2) is 93.3 Å². The van der Waals surface area contributed by atoms with Crippen LogP contribution in [0.5, 0.6) is 0 Å². The lowest BCUT2D eigenvalue weighted by molar-refractivity contribution is -0.119. The molecule has 0 aliphatic carbocycles. The van der Waals surface area contributed by atoms with Gasteiger partial charge in [-0.15, -0.1) is 0 Å². The molecule has 1 N–H and O–H groups in total. The Balaban J connectivity index is 1.82. The van der Waals surface area contributed by atoms with E-state index in [0.29, 0.717) is 10.7 Å². The fourth-order valence-corrected chi connectivity index (χ4v) is 4.56. The van der Waals surface area contributed by atoms with Crippen LogP contribution >= 0.6 is 27.5 Å². The minimum absolute atomic E-state index is 0.0744. The number of nitrogens with zero attached hydrogens (tertiary/aromatic N) is 2.